The van der Waals surface area contributed by atoms with Gasteiger partial charge in [0, 0.05) is 15.8 Å². The van der Waals surface area contributed by atoms with E-state index in [2.05, 4.69) is 47.0 Å². The molecule has 0 bridgehead atoms. The summed E-state index contributed by atoms with van der Waals surface area (Å²) in [5.74, 6) is 0. The summed E-state index contributed by atoms with van der Waals surface area (Å²) in [7, 11) is 0. The van der Waals surface area contributed by atoms with E-state index in [0.717, 1.165) is 5.69 Å². The molecule has 1 nitrogen and oxygen atoms in total. The van der Waals surface area contributed by atoms with E-state index in [1.165, 1.54) is 9.13 Å². The first-order valence-electron chi connectivity index (χ1n) is 4.30. The van der Waals surface area contributed by atoms with Crippen LogP contribution < -0.4 is 5.32 Å². The Morgan fingerprint density at radius 2 is 2.23 bits per heavy atom. The average Bonchev–Trinajstić information content (AvgIpc) is 2.12. The summed E-state index contributed by atoms with van der Waals surface area (Å²) in [5.41, 5.74) is 2.35. The molecule has 0 saturated carbocycles. The molecule has 3 heteroatoms. The molecule has 1 N–H and O–H groups in total. The molecule has 0 aliphatic rings. The van der Waals surface area contributed by atoms with Crippen LogP contribution in [0.4, 0.5) is 10.1 Å². The van der Waals surface area contributed by atoms with Gasteiger partial charge in [0.2, 0.25) is 0 Å². The number of aryl methyl sites for hydroxylation is 1. The predicted molar refractivity (Wildman–Crippen MR) is 63.0 cm³/mol. The molecule has 0 saturated heterocycles. The second-order valence-corrected chi connectivity index (χ2v) is 4.10. The number of anilines is 1. The molecule has 1 aromatic rings. The summed E-state index contributed by atoms with van der Waals surface area (Å²) in [4.78, 5) is 0. The minimum atomic E-state index is -0.254. The Balaban J connectivity index is 2.53. The van der Waals surface area contributed by atoms with Crippen molar-refractivity contribution in [3.05, 3.63) is 27.3 Å². The fourth-order valence-electron chi connectivity index (χ4n) is 1.00. The zero-order chi connectivity index (χ0) is 9.68. The molecule has 1 rings (SSSR count). The van der Waals surface area contributed by atoms with Gasteiger partial charge in [-0.1, -0.05) is 6.07 Å². The van der Waals surface area contributed by atoms with Crippen LogP contribution in [0.25, 0.3) is 0 Å². The number of halogens is 2. The Kier molecular flexibility index (Phi) is 4.48. The monoisotopic (exact) mass is 293 g/mol. The maximum atomic E-state index is 11.8. The Labute approximate surface area is 91.9 Å². The highest BCUT2D eigenvalue weighted by molar-refractivity contribution is 14.1. The molecule has 0 amide bonds. The summed E-state index contributed by atoms with van der Waals surface area (Å²) in [6, 6.07) is 6.17. The number of hydrogen-bond acceptors (Lipinski definition) is 1. The normalized spacial score (nSPS) is 10.1. The molecule has 0 atom stereocenters. The minimum Gasteiger partial charge on any atom is -0.385 e. The molecular weight excluding hydrogens is 280 g/mol. The molecule has 1 aromatic carbocycles. The van der Waals surface area contributed by atoms with Gasteiger partial charge in [0.05, 0.1) is 6.67 Å². The smallest absolute Gasteiger partial charge is 0.0911 e. The van der Waals surface area contributed by atoms with E-state index >= 15 is 0 Å². The molecule has 0 radical (unpaired) electrons. The van der Waals surface area contributed by atoms with Crippen molar-refractivity contribution in [2.24, 2.45) is 0 Å². The van der Waals surface area contributed by atoms with Gasteiger partial charge < -0.3 is 5.32 Å². The third-order valence-electron chi connectivity index (χ3n) is 1.81. The predicted octanol–water partition coefficient (Wildman–Crippen LogP) is 3.37. The molecule has 0 spiro atoms. The van der Waals surface area contributed by atoms with Gasteiger partial charge in [0.1, 0.15) is 0 Å². The number of rotatable bonds is 4. The first-order valence-corrected chi connectivity index (χ1v) is 5.38. The third-order valence-corrected chi connectivity index (χ3v) is 2.97. The van der Waals surface area contributed by atoms with E-state index in [1.54, 1.807) is 0 Å². The van der Waals surface area contributed by atoms with Gasteiger partial charge in [-0.3, -0.25) is 4.39 Å². The number of alkyl halides is 1. The van der Waals surface area contributed by atoms with Gasteiger partial charge in [0.15, 0.2) is 0 Å². The zero-order valence-corrected chi connectivity index (χ0v) is 9.77. The van der Waals surface area contributed by atoms with Crippen molar-refractivity contribution in [3.63, 3.8) is 0 Å². The Morgan fingerprint density at radius 3 is 2.85 bits per heavy atom. The molecule has 13 heavy (non-hydrogen) atoms. The number of nitrogens with one attached hydrogen (secondary N) is 1. The van der Waals surface area contributed by atoms with E-state index in [4.69, 9.17) is 0 Å². The Hall–Kier alpha value is -0.320. The van der Waals surface area contributed by atoms with Gasteiger partial charge >= 0.3 is 0 Å². The molecule has 0 unspecified atom stereocenters. The lowest BCUT2D eigenvalue weighted by Gasteiger charge is -2.06. The number of benzene rings is 1. The fraction of sp³-hybridized carbons (Fsp3) is 0.400. The van der Waals surface area contributed by atoms with E-state index in [0.29, 0.717) is 13.0 Å². The van der Waals surface area contributed by atoms with Crippen molar-refractivity contribution >= 4 is 28.3 Å². The van der Waals surface area contributed by atoms with Crippen molar-refractivity contribution < 1.29 is 4.39 Å². The maximum Gasteiger partial charge on any atom is 0.0911 e. The van der Waals surface area contributed by atoms with Crippen LogP contribution in [0, 0.1) is 10.5 Å². The van der Waals surface area contributed by atoms with E-state index in [9.17, 15) is 4.39 Å². The summed E-state index contributed by atoms with van der Waals surface area (Å²) in [6.45, 7) is 2.53. The van der Waals surface area contributed by atoms with Crippen molar-refractivity contribution in [2.45, 2.75) is 13.3 Å². The van der Waals surface area contributed by atoms with Gasteiger partial charge in [0.25, 0.3) is 0 Å². The van der Waals surface area contributed by atoms with Crippen molar-refractivity contribution in [2.75, 3.05) is 18.5 Å². The highest BCUT2D eigenvalue weighted by Gasteiger charge is 1.96. The largest absolute Gasteiger partial charge is 0.385 e. The van der Waals surface area contributed by atoms with Gasteiger partial charge in [-0.05, 0) is 53.6 Å². The lowest BCUT2D eigenvalue weighted by Crippen LogP contribution is -2.02. The Bertz CT molecular complexity index is 276. The summed E-state index contributed by atoms with van der Waals surface area (Å²) in [6.07, 6.45) is 0.574. The lowest BCUT2D eigenvalue weighted by atomic mass is 10.2. The Morgan fingerprint density at radius 1 is 1.46 bits per heavy atom. The summed E-state index contributed by atoms with van der Waals surface area (Å²) < 4.78 is 13.0. The zero-order valence-electron chi connectivity index (χ0n) is 7.61. The average molecular weight is 293 g/mol. The highest BCUT2D eigenvalue weighted by atomic mass is 127. The summed E-state index contributed by atoms with van der Waals surface area (Å²) in [5, 5.41) is 3.17. The SMILES string of the molecule is Cc1ccc(NCCCF)cc1I. The van der Waals surface area contributed by atoms with Crippen LogP contribution in [0.1, 0.15) is 12.0 Å². The number of hydrogen-bond donors (Lipinski definition) is 1. The highest BCUT2D eigenvalue weighted by Crippen LogP contribution is 2.16. The van der Waals surface area contributed by atoms with E-state index in [1.807, 2.05) is 6.07 Å². The quantitative estimate of drug-likeness (QED) is 0.663. The second-order valence-electron chi connectivity index (χ2n) is 2.93. The first kappa shape index (κ1) is 10.8. The van der Waals surface area contributed by atoms with E-state index < -0.39 is 0 Å². The van der Waals surface area contributed by atoms with Crippen LogP contribution in [0.5, 0.6) is 0 Å². The van der Waals surface area contributed by atoms with Crippen LogP contribution in [0.2, 0.25) is 0 Å². The topological polar surface area (TPSA) is 12.0 Å². The van der Waals surface area contributed by atoms with E-state index in [-0.39, 0.29) is 6.67 Å². The fourth-order valence-corrected chi connectivity index (χ4v) is 1.52. The molecule has 0 heterocycles. The first-order chi connectivity index (χ1) is 6.24. The van der Waals surface area contributed by atoms with Crippen molar-refractivity contribution in [1.82, 2.24) is 0 Å². The van der Waals surface area contributed by atoms with Crippen LogP contribution in [0.3, 0.4) is 0 Å². The minimum absolute atomic E-state index is 0.254. The van der Waals surface area contributed by atoms with Crippen molar-refractivity contribution in [3.8, 4) is 0 Å². The maximum absolute atomic E-state index is 11.8. The standard InChI is InChI=1S/C10H13FIN/c1-8-3-4-9(7-10(8)12)13-6-2-5-11/h3-4,7,13H,2,5-6H2,1H3. The molecule has 0 aliphatic carbocycles. The van der Waals surface area contributed by atoms with Crippen LogP contribution in [-0.2, 0) is 0 Å². The van der Waals surface area contributed by atoms with Gasteiger partial charge in [-0.15, -0.1) is 0 Å². The lowest BCUT2D eigenvalue weighted by molar-refractivity contribution is 0.481. The van der Waals surface area contributed by atoms with Gasteiger partial charge in [-0.25, -0.2) is 0 Å². The molecule has 0 fully saturated rings. The van der Waals surface area contributed by atoms with Crippen LogP contribution >= 0.6 is 22.6 Å². The van der Waals surface area contributed by atoms with Crippen LogP contribution in [0.15, 0.2) is 18.2 Å². The van der Waals surface area contributed by atoms with Gasteiger partial charge in [-0.2, -0.15) is 0 Å². The summed E-state index contributed by atoms with van der Waals surface area (Å²) >= 11 is 2.30. The molecule has 72 valence electrons. The molecule has 0 aliphatic heterocycles. The van der Waals surface area contributed by atoms with Crippen LogP contribution in [-0.4, -0.2) is 13.2 Å². The molecular formula is C10H13FIN. The third kappa shape index (κ3) is 3.50. The van der Waals surface area contributed by atoms with Crippen molar-refractivity contribution in [1.29, 1.82) is 0 Å². The molecule has 0 aromatic heterocycles. The second kappa shape index (κ2) is 5.42.